The fourth-order valence-electron chi connectivity index (χ4n) is 3.48. The van der Waals surface area contributed by atoms with E-state index in [0.717, 1.165) is 25.7 Å². The molecule has 2 unspecified atom stereocenters. The van der Waals surface area contributed by atoms with Gasteiger partial charge in [-0.2, -0.15) is 0 Å². The van der Waals surface area contributed by atoms with Crippen molar-refractivity contribution in [1.29, 1.82) is 0 Å². The van der Waals surface area contributed by atoms with Gasteiger partial charge in [0.25, 0.3) is 0 Å². The Kier molecular flexibility index (Phi) is 5.21. The van der Waals surface area contributed by atoms with Crippen LogP contribution in [0.3, 0.4) is 0 Å². The largest absolute Gasteiger partial charge is 0.481 e. The molecule has 0 aromatic heterocycles. The minimum absolute atomic E-state index is 0.0662. The molecule has 2 N–H and O–H groups in total. The van der Waals surface area contributed by atoms with Crippen LogP contribution in [-0.4, -0.2) is 23.0 Å². The number of hydrogen-bond donors (Lipinski definition) is 2. The van der Waals surface area contributed by atoms with E-state index in [-0.39, 0.29) is 11.9 Å². The highest BCUT2D eigenvalue weighted by Crippen LogP contribution is 2.29. The molecule has 2 aliphatic carbocycles. The van der Waals surface area contributed by atoms with Gasteiger partial charge >= 0.3 is 5.97 Å². The van der Waals surface area contributed by atoms with Crippen LogP contribution in [0.1, 0.15) is 51.9 Å². The Labute approximate surface area is 120 Å². The van der Waals surface area contributed by atoms with Gasteiger partial charge in [-0.3, -0.25) is 9.59 Å². The van der Waals surface area contributed by atoms with Crippen molar-refractivity contribution in [3.63, 3.8) is 0 Å². The molecule has 1 amide bonds. The van der Waals surface area contributed by atoms with Crippen molar-refractivity contribution in [3.8, 4) is 0 Å². The molecule has 1 saturated carbocycles. The van der Waals surface area contributed by atoms with Gasteiger partial charge in [0.1, 0.15) is 0 Å². The average Bonchev–Trinajstić information content (AvgIpc) is 2.47. The van der Waals surface area contributed by atoms with Crippen LogP contribution in [0.5, 0.6) is 0 Å². The van der Waals surface area contributed by atoms with E-state index in [2.05, 4.69) is 12.2 Å². The molecule has 0 bridgehead atoms. The first kappa shape index (κ1) is 15.1. The number of allylic oxidation sites excluding steroid dienone is 2. The Morgan fingerprint density at radius 1 is 1.20 bits per heavy atom. The van der Waals surface area contributed by atoms with Crippen molar-refractivity contribution < 1.29 is 14.7 Å². The monoisotopic (exact) mass is 279 g/mol. The predicted octanol–water partition coefficient (Wildman–Crippen LogP) is 2.74. The number of aliphatic carboxylic acids is 1. The fraction of sp³-hybridized carbons (Fsp3) is 0.750. The maximum Gasteiger partial charge on any atom is 0.307 e. The van der Waals surface area contributed by atoms with E-state index in [4.69, 9.17) is 0 Å². The van der Waals surface area contributed by atoms with Gasteiger partial charge in [0.15, 0.2) is 0 Å². The molecular formula is C16H25NO3. The van der Waals surface area contributed by atoms with Crippen LogP contribution in [0.4, 0.5) is 0 Å². The summed E-state index contributed by atoms with van der Waals surface area (Å²) in [5, 5.41) is 12.3. The summed E-state index contributed by atoms with van der Waals surface area (Å²) in [5.74, 6) is -1.19. The number of nitrogens with one attached hydrogen (secondary N) is 1. The van der Waals surface area contributed by atoms with Gasteiger partial charge in [-0.05, 0) is 31.6 Å². The number of carboxylic acids is 1. The summed E-state index contributed by atoms with van der Waals surface area (Å²) < 4.78 is 0. The van der Waals surface area contributed by atoms with Gasteiger partial charge in [0.05, 0.1) is 11.8 Å². The Balaban J connectivity index is 1.93. The molecule has 0 spiro atoms. The minimum Gasteiger partial charge on any atom is -0.481 e. The first-order chi connectivity index (χ1) is 9.61. The number of hydrogen-bond acceptors (Lipinski definition) is 2. The molecule has 0 saturated heterocycles. The van der Waals surface area contributed by atoms with Gasteiger partial charge < -0.3 is 10.4 Å². The van der Waals surface area contributed by atoms with Crippen LogP contribution in [-0.2, 0) is 9.59 Å². The maximum atomic E-state index is 12.4. The number of amides is 1. The molecule has 0 radical (unpaired) electrons. The summed E-state index contributed by atoms with van der Waals surface area (Å²) in [4.78, 5) is 23.6. The zero-order chi connectivity index (χ0) is 14.5. The first-order valence-corrected chi connectivity index (χ1v) is 7.80. The van der Waals surface area contributed by atoms with Crippen LogP contribution in [0, 0.1) is 17.8 Å². The molecular weight excluding hydrogens is 254 g/mol. The number of carboxylic acid groups (broad SMARTS) is 1. The van der Waals surface area contributed by atoms with Crippen molar-refractivity contribution in [1.82, 2.24) is 5.32 Å². The lowest BCUT2D eigenvalue weighted by Gasteiger charge is -2.32. The SMILES string of the molecule is CCC1CCCC(NC(=O)[C@@H]2CC=CC[C@@H]2C(=O)O)C1. The predicted molar refractivity (Wildman–Crippen MR) is 77.2 cm³/mol. The highest BCUT2D eigenvalue weighted by atomic mass is 16.4. The molecule has 0 heterocycles. The molecule has 4 atom stereocenters. The van der Waals surface area contributed by atoms with Crippen LogP contribution < -0.4 is 5.32 Å². The third-order valence-corrected chi connectivity index (χ3v) is 4.79. The number of carbonyl (C=O) groups is 2. The standard InChI is InChI=1S/C16H25NO3/c1-2-11-6-5-7-12(10-11)17-15(18)13-8-3-4-9-14(13)16(19)20/h3-4,11-14H,2,5-10H2,1H3,(H,17,18)(H,19,20)/t11?,12?,13-,14+/m1/s1. The quantitative estimate of drug-likeness (QED) is 0.778. The Hall–Kier alpha value is -1.32. The number of carbonyl (C=O) groups excluding carboxylic acids is 1. The molecule has 1 fully saturated rings. The van der Waals surface area contributed by atoms with Crippen LogP contribution >= 0.6 is 0 Å². The molecule has 112 valence electrons. The van der Waals surface area contributed by atoms with Gasteiger partial charge in [-0.25, -0.2) is 0 Å². The fourth-order valence-corrected chi connectivity index (χ4v) is 3.48. The Morgan fingerprint density at radius 3 is 2.55 bits per heavy atom. The second-order valence-electron chi connectivity index (χ2n) is 6.14. The topological polar surface area (TPSA) is 66.4 Å². The van der Waals surface area contributed by atoms with Crippen molar-refractivity contribution in [3.05, 3.63) is 12.2 Å². The van der Waals surface area contributed by atoms with Crippen LogP contribution in [0.25, 0.3) is 0 Å². The van der Waals surface area contributed by atoms with E-state index in [1.165, 1.54) is 6.42 Å². The summed E-state index contributed by atoms with van der Waals surface area (Å²) in [6.45, 7) is 2.20. The smallest absolute Gasteiger partial charge is 0.307 e. The average molecular weight is 279 g/mol. The van der Waals surface area contributed by atoms with Gasteiger partial charge in [0.2, 0.25) is 5.91 Å². The van der Waals surface area contributed by atoms with Gasteiger partial charge in [-0.15, -0.1) is 0 Å². The molecule has 2 rings (SSSR count). The molecule has 0 aromatic carbocycles. The molecule has 20 heavy (non-hydrogen) atoms. The second-order valence-corrected chi connectivity index (χ2v) is 6.14. The molecule has 2 aliphatic rings. The van der Waals surface area contributed by atoms with E-state index >= 15 is 0 Å². The summed E-state index contributed by atoms with van der Waals surface area (Å²) in [6.07, 6.45) is 10.5. The lowest BCUT2D eigenvalue weighted by molar-refractivity contribution is -0.147. The van der Waals surface area contributed by atoms with Gasteiger partial charge in [-0.1, -0.05) is 38.3 Å². The third-order valence-electron chi connectivity index (χ3n) is 4.79. The third kappa shape index (κ3) is 3.62. The molecule has 4 heteroatoms. The van der Waals surface area contributed by atoms with Crippen molar-refractivity contribution >= 4 is 11.9 Å². The van der Waals surface area contributed by atoms with E-state index in [1.807, 2.05) is 12.2 Å². The normalized spacial score (nSPS) is 33.6. The van der Waals surface area contributed by atoms with E-state index in [0.29, 0.717) is 18.8 Å². The van der Waals surface area contributed by atoms with Crippen LogP contribution in [0.15, 0.2) is 12.2 Å². The Bertz CT molecular complexity index is 391. The molecule has 0 aliphatic heterocycles. The maximum absolute atomic E-state index is 12.4. The summed E-state index contributed by atoms with van der Waals surface area (Å²) in [7, 11) is 0. The lowest BCUT2D eigenvalue weighted by Crippen LogP contribution is -2.45. The highest BCUT2D eigenvalue weighted by Gasteiger charge is 2.35. The molecule has 4 nitrogen and oxygen atoms in total. The van der Waals surface area contributed by atoms with E-state index in [1.54, 1.807) is 0 Å². The zero-order valence-electron chi connectivity index (χ0n) is 12.2. The summed E-state index contributed by atoms with van der Waals surface area (Å²) in [6, 6.07) is 0.238. The minimum atomic E-state index is -0.857. The van der Waals surface area contributed by atoms with Gasteiger partial charge in [0, 0.05) is 6.04 Å². The lowest BCUT2D eigenvalue weighted by atomic mass is 9.81. The first-order valence-electron chi connectivity index (χ1n) is 7.80. The van der Waals surface area contributed by atoms with E-state index < -0.39 is 17.8 Å². The Morgan fingerprint density at radius 2 is 1.90 bits per heavy atom. The number of rotatable bonds is 4. The summed E-state index contributed by atoms with van der Waals surface area (Å²) in [5.41, 5.74) is 0. The zero-order valence-corrected chi connectivity index (χ0v) is 12.2. The van der Waals surface area contributed by atoms with Crippen molar-refractivity contribution in [2.45, 2.75) is 57.9 Å². The molecule has 0 aromatic rings. The highest BCUT2D eigenvalue weighted by molar-refractivity contribution is 5.85. The second kappa shape index (κ2) is 6.91. The summed E-state index contributed by atoms with van der Waals surface area (Å²) >= 11 is 0. The van der Waals surface area contributed by atoms with Crippen molar-refractivity contribution in [2.24, 2.45) is 17.8 Å². The van der Waals surface area contributed by atoms with Crippen molar-refractivity contribution in [2.75, 3.05) is 0 Å². The van der Waals surface area contributed by atoms with Crippen LogP contribution in [0.2, 0.25) is 0 Å². The van der Waals surface area contributed by atoms with E-state index in [9.17, 15) is 14.7 Å².